The first-order valence-corrected chi connectivity index (χ1v) is 7.69. The van der Waals surface area contributed by atoms with Crippen LogP contribution in [0.3, 0.4) is 0 Å². The Morgan fingerprint density at radius 2 is 2.13 bits per heavy atom. The molecule has 2 aromatic heterocycles. The third-order valence-corrected chi connectivity index (χ3v) is 4.08. The summed E-state index contributed by atoms with van der Waals surface area (Å²) >= 11 is 5.12. The van der Waals surface area contributed by atoms with E-state index in [1.165, 1.54) is 0 Å². The maximum absolute atomic E-state index is 5.80. The maximum Gasteiger partial charge on any atom is 0.231 e. The summed E-state index contributed by atoms with van der Waals surface area (Å²) in [5.41, 5.74) is 10.6. The summed E-state index contributed by atoms with van der Waals surface area (Å²) in [5.74, 6) is 1.49. The third-order valence-electron chi connectivity index (χ3n) is 3.93. The van der Waals surface area contributed by atoms with Crippen molar-refractivity contribution < 1.29 is 9.47 Å². The van der Waals surface area contributed by atoms with Crippen molar-refractivity contribution in [2.45, 2.75) is 13.3 Å². The molecule has 1 aromatic carbocycles. The van der Waals surface area contributed by atoms with E-state index in [0.29, 0.717) is 11.4 Å². The van der Waals surface area contributed by atoms with Gasteiger partial charge >= 0.3 is 0 Å². The van der Waals surface area contributed by atoms with Crippen molar-refractivity contribution in [3.63, 3.8) is 0 Å². The molecule has 0 spiro atoms. The molecule has 23 heavy (non-hydrogen) atoms. The van der Waals surface area contributed by atoms with Gasteiger partial charge in [0.25, 0.3) is 0 Å². The van der Waals surface area contributed by atoms with Gasteiger partial charge in [0.2, 0.25) is 6.79 Å². The number of fused-ring (bicyclic) bond motifs is 2. The first-order chi connectivity index (χ1) is 11.1. The van der Waals surface area contributed by atoms with Crippen LogP contribution in [0, 0.1) is 6.92 Å². The van der Waals surface area contributed by atoms with Crippen LogP contribution < -0.4 is 15.2 Å². The van der Waals surface area contributed by atoms with Crippen molar-refractivity contribution in [1.82, 2.24) is 9.38 Å². The molecule has 0 unspecified atom stereocenters. The van der Waals surface area contributed by atoms with E-state index in [4.69, 9.17) is 32.4 Å². The Labute approximate surface area is 138 Å². The number of thiocarbonyl (C=S) groups is 1. The summed E-state index contributed by atoms with van der Waals surface area (Å²) < 4.78 is 12.9. The highest BCUT2D eigenvalue weighted by atomic mass is 32.1. The lowest BCUT2D eigenvalue weighted by atomic mass is 10.1. The van der Waals surface area contributed by atoms with Crippen LogP contribution in [0.25, 0.3) is 16.9 Å². The fourth-order valence-electron chi connectivity index (χ4n) is 2.86. The van der Waals surface area contributed by atoms with Crippen LogP contribution in [0.1, 0.15) is 11.3 Å². The summed E-state index contributed by atoms with van der Waals surface area (Å²) in [7, 11) is 0. The molecule has 3 heterocycles. The van der Waals surface area contributed by atoms with Crippen LogP contribution in [0.4, 0.5) is 0 Å². The summed E-state index contributed by atoms with van der Waals surface area (Å²) in [5, 5.41) is 0. The zero-order valence-electron chi connectivity index (χ0n) is 12.6. The average Bonchev–Trinajstić information content (AvgIpc) is 3.12. The molecule has 2 N–H and O–H groups in total. The van der Waals surface area contributed by atoms with E-state index in [0.717, 1.165) is 39.7 Å². The van der Waals surface area contributed by atoms with E-state index in [2.05, 4.69) is 4.40 Å². The highest BCUT2D eigenvalue weighted by Crippen LogP contribution is 2.37. The maximum atomic E-state index is 5.80. The predicted molar refractivity (Wildman–Crippen MR) is 92.0 cm³/mol. The van der Waals surface area contributed by atoms with Crippen LogP contribution in [-0.4, -0.2) is 21.2 Å². The van der Waals surface area contributed by atoms with Crippen LogP contribution in [-0.2, 0) is 6.42 Å². The number of hydrogen-bond donors (Lipinski definition) is 1. The predicted octanol–water partition coefficient (Wildman–Crippen LogP) is 2.87. The number of imidazole rings is 1. The molecule has 116 valence electrons. The van der Waals surface area contributed by atoms with Crippen molar-refractivity contribution in [1.29, 1.82) is 0 Å². The van der Waals surface area contributed by atoms with Crippen molar-refractivity contribution in [2.75, 3.05) is 6.79 Å². The quantitative estimate of drug-likeness (QED) is 0.750. The van der Waals surface area contributed by atoms with E-state index in [1.807, 2.05) is 43.5 Å². The van der Waals surface area contributed by atoms with Gasteiger partial charge in [0.05, 0.1) is 16.4 Å². The van der Waals surface area contributed by atoms with Gasteiger partial charge in [0.15, 0.2) is 11.5 Å². The molecule has 0 fully saturated rings. The highest BCUT2D eigenvalue weighted by Gasteiger charge is 2.19. The van der Waals surface area contributed by atoms with E-state index in [1.54, 1.807) is 0 Å². The van der Waals surface area contributed by atoms with Crippen LogP contribution in [0.15, 0.2) is 36.5 Å². The van der Waals surface area contributed by atoms with E-state index in [9.17, 15) is 0 Å². The lowest BCUT2D eigenvalue weighted by Crippen LogP contribution is -2.13. The number of benzene rings is 1. The molecule has 1 aliphatic heterocycles. The Morgan fingerprint density at radius 3 is 2.96 bits per heavy atom. The van der Waals surface area contributed by atoms with Gasteiger partial charge in [-0.25, -0.2) is 4.98 Å². The number of pyridine rings is 1. The molecule has 0 aliphatic carbocycles. The second-order valence-electron chi connectivity index (χ2n) is 5.50. The van der Waals surface area contributed by atoms with Gasteiger partial charge in [-0.05, 0) is 36.8 Å². The summed E-state index contributed by atoms with van der Waals surface area (Å²) in [6.07, 6.45) is 2.48. The van der Waals surface area contributed by atoms with Gasteiger partial charge in [-0.2, -0.15) is 0 Å². The third kappa shape index (κ3) is 2.31. The van der Waals surface area contributed by atoms with E-state index < -0.39 is 0 Å². The molecule has 0 atom stereocenters. The molecule has 0 bridgehead atoms. The Kier molecular flexibility index (Phi) is 3.20. The minimum absolute atomic E-state index is 0.253. The second kappa shape index (κ2) is 5.24. The van der Waals surface area contributed by atoms with Crippen molar-refractivity contribution >= 4 is 22.9 Å². The second-order valence-corrected chi connectivity index (χ2v) is 6.03. The zero-order chi connectivity index (χ0) is 16.0. The van der Waals surface area contributed by atoms with Crippen LogP contribution in [0.2, 0.25) is 0 Å². The van der Waals surface area contributed by atoms with Gasteiger partial charge in [-0.1, -0.05) is 18.3 Å². The number of aromatic nitrogens is 2. The topological polar surface area (TPSA) is 61.8 Å². The van der Waals surface area contributed by atoms with Gasteiger partial charge < -0.3 is 19.6 Å². The van der Waals surface area contributed by atoms with Gasteiger partial charge in [0.1, 0.15) is 5.65 Å². The molecule has 0 saturated carbocycles. The van der Waals surface area contributed by atoms with Crippen molar-refractivity contribution in [2.24, 2.45) is 5.73 Å². The van der Waals surface area contributed by atoms with Crippen LogP contribution >= 0.6 is 12.2 Å². The molecule has 6 heteroatoms. The SMILES string of the molecule is Cc1cccn2c(CC(N)=S)c(-c3ccc4c(c3)OCO4)nc12. The Hall–Kier alpha value is -2.60. The molecule has 3 aromatic rings. The Bertz CT molecular complexity index is 933. The van der Waals surface area contributed by atoms with E-state index >= 15 is 0 Å². The standard InChI is InChI=1S/C17H15N3O2S/c1-10-3-2-6-20-12(8-15(18)23)16(19-17(10)20)11-4-5-13-14(7-11)22-9-21-13/h2-7H,8-9H2,1H3,(H2,18,23). The normalized spacial score (nSPS) is 12.7. The molecule has 1 aliphatic rings. The highest BCUT2D eigenvalue weighted by molar-refractivity contribution is 7.80. The summed E-state index contributed by atoms with van der Waals surface area (Å²) in [4.78, 5) is 5.25. The molecule has 5 nitrogen and oxygen atoms in total. The van der Waals surface area contributed by atoms with Crippen LogP contribution in [0.5, 0.6) is 11.5 Å². The average molecular weight is 325 g/mol. The lowest BCUT2D eigenvalue weighted by molar-refractivity contribution is 0.174. The molecular formula is C17H15N3O2S. The molecular weight excluding hydrogens is 310 g/mol. The Balaban J connectivity index is 1.95. The first kappa shape index (κ1) is 14.0. The minimum atomic E-state index is 0.253. The summed E-state index contributed by atoms with van der Waals surface area (Å²) in [6.45, 7) is 2.29. The van der Waals surface area contributed by atoms with E-state index in [-0.39, 0.29) is 6.79 Å². The van der Waals surface area contributed by atoms with Gasteiger partial charge in [-0.15, -0.1) is 0 Å². The molecule has 4 rings (SSSR count). The van der Waals surface area contributed by atoms with Crippen molar-refractivity contribution in [3.8, 4) is 22.8 Å². The smallest absolute Gasteiger partial charge is 0.231 e. The number of aryl methyl sites for hydroxylation is 1. The first-order valence-electron chi connectivity index (χ1n) is 7.28. The monoisotopic (exact) mass is 325 g/mol. The molecule has 0 radical (unpaired) electrons. The number of nitrogens with two attached hydrogens (primary N) is 1. The fraction of sp³-hybridized carbons (Fsp3) is 0.176. The number of rotatable bonds is 3. The summed E-state index contributed by atoms with van der Waals surface area (Å²) in [6, 6.07) is 9.86. The Morgan fingerprint density at radius 1 is 1.30 bits per heavy atom. The minimum Gasteiger partial charge on any atom is -0.454 e. The largest absolute Gasteiger partial charge is 0.454 e. The van der Waals surface area contributed by atoms with Crippen molar-refractivity contribution in [3.05, 3.63) is 47.8 Å². The number of ether oxygens (including phenoxy) is 2. The fourth-order valence-corrected chi connectivity index (χ4v) is 3.00. The zero-order valence-corrected chi connectivity index (χ0v) is 13.4. The molecule has 0 saturated heterocycles. The molecule has 0 amide bonds. The lowest BCUT2D eigenvalue weighted by Gasteiger charge is -2.05. The van der Waals surface area contributed by atoms with Gasteiger partial charge in [0, 0.05) is 18.2 Å². The van der Waals surface area contributed by atoms with Gasteiger partial charge in [-0.3, -0.25) is 0 Å². The number of nitrogens with zero attached hydrogens (tertiary/aromatic N) is 2. The number of hydrogen-bond acceptors (Lipinski definition) is 4.